The molecule has 7 heteroatoms. The number of rotatable bonds is 5. The molecule has 1 atom stereocenters. The Morgan fingerprint density at radius 3 is 2.79 bits per heavy atom. The number of amides is 1. The van der Waals surface area contributed by atoms with E-state index in [0.29, 0.717) is 11.4 Å². The molecule has 0 aliphatic carbocycles. The summed E-state index contributed by atoms with van der Waals surface area (Å²) in [5, 5.41) is 20.1. The number of anilines is 1. The molecule has 0 saturated heterocycles. The summed E-state index contributed by atoms with van der Waals surface area (Å²) in [6.45, 7) is 1.90. The van der Waals surface area contributed by atoms with Gasteiger partial charge in [-0.2, -0.15) is 0 Å². The minimum atomic E-state index is -0.529. The number of aromatic nitrogens is 2. The Labute approximate surface area is 143 Å². The molecule has 3 rings (SSSR count). The van der Waals surface area contributed by atoms with E-state index in [1.54, 1.807) is 7.05 Å². The zero-order valence-corrected chi connectivity index (χ0v) is 14.2. The lowest BCUT2D eigenvalue weighted by Crippen LogP contribution is -2.34. The summed E-state index contributed by atoms with van der Waals surface area (Å²) in [4.78, 5) is 12.6. The monoisotopic (exact) mass is 343 g/mol. The third kappa shape index (κ3) is 3.21. The summed E-state index contributed by atoms with van der Waals surface area (Å²) in [5.74, 6) is -0.682. The number of nitrogens with one attached hydrogen (secondary N) is 1. The molecule has 6 nitrogen and oxygen atoms in total. The average molecular weight is 343 g/mol. The zero-order chi connectivity index (χ0) is 17.1. The highest BCUT2D eigenvalue weighted by atomic mass is 32.2. The van der Waals surface area contributed by atoms with Gasteiger partial charge in [-0.3, -0.25) is 4.79 Å². The highest BCUT2D eigenvalue weighted by Crippen LogP contribution is 2.29. The lowest BCUT2D eigenvalue weighted by Gasteiger charge is -2.14. The molecular formula is C17H17N3O3S. The van der Waals surface area contributed by atoms with E-state index >= 15 is 0 Å². The van der Waals surface area contributed by atoms with Gasteiger partial charge in [0.05, 0.1) is 10.5 Å². The van der Waals surface area contributed by atoms with Crippen LogP contribution in [-0.4, -0.2) is 16.4 Å². The Hall–Kier alpha value is -2.54. The van der Waals surface area contributed by atoms with Crippen molar-refractivity contribution < 1.29 is 19.1 Å². The van der Waals surface area contributed by atoms with Crippen LogP contribution in [0.4, 0.5) is 5.69 Å². The molecule has 0 spiro atoms. The summed E-state index contributed by atoms with van der Waals surface area (Å²) in [6.07, 6.45) is 0.575. The van der Waals surface area contributed by atoms with Crippen LogP contribution >= 0.6 is 11.8 Å². The fraction of sp³-hybridized carbons (Fsp3) is 0.235. The van der Waals surface area contributed by atoms with Crippen molar-refractivity contribution >= 4 is 34.1 Å². The van der Waals surface area contributed by atoms with Crippen molar-refractivity contribution in [2.45, 2.75) is 23.6 Å². The lowest BCUT2D eigenvalue weighted by molar-refractivity contribution is -0.772. The third-order valence-corrected chi connectivity index (χ3v) is 5.17. The number of hydrogen-bond donors (Lipinski definition) is 1. The van der Waals surface area contributed by atoms with Gasteiger partial charge in [-0.05, 0) is 29.6 Å². The molecule has 124 valence electrons. The second kappa shape index (κ2) is 6.92. The van der Waals surface area contributed by atoms with Crippen LogP contribution in [0.25, 0.3) is 10.8 Å². The van der Waals surface area contributed by atoms with Crippen LogP contribution < -0.4 is 15.1 Å². The van der Waals surface area contributed by atoms with Crippen LogP contribution in [0.3, 0.4) is 0 Å². The zero-order valence-electron chi connectivity index (χ0n) is 13.4. The van der Waals surface area contributed by atoms with Crippen LogP contribution in [0, 0.1) is 0 Å². The van der Waals surface area contributed by atoms with E-state index in [1.807, 2.05) is 49.4 Å². The SMILES string of the molecule is CCC(Sc1c([O-])on[n+]1C)C(=O)Nc1cccc2ccccc12. The summed E-state index contributed by atoms with van der Waals surface area (Å²) < 4.78 is 5.95. The number of thioether (sulfide) groups is 1. The van der Waals surface area contributed by atoms with Gasteiger partial charge in [0, 0.05) is 11.1 Å². The van der Waals surface area contributed by atoms with E-state index in [1.165, 1.54) is 4.68 Å². The fourth-order valence-electron chi connectivity index (χ4n) is 2.44. The van der Waals surface area contributed by atoms with E-state index in [2.05, 4.69) is 15.1 Å². The maximum absolute atomic E-state index is 12.6. The first-order chi connectivity index (χ1) is 11.6. The molecule has 1 unspecified atom stereocenters. The minimum absolute atomic E-state index is 0.153. The number of fused-ring (bicyclic) bond motifs is 1. The van der Waals surface area contributed by atoms with Gasteiger partial charge in [0.1, 0.15) is 0 Å². The fourth-order valence-corrected chi connectivity index (χ4v) is 3.36. The van der Waals surface area contributed by atoms with Gasteiger partial charge < -0.3 is 14.9 Å². The maximum Gasteiger partial charge on any atom is 0.291 e. The second-order valence-electron chi connectivity index (χ2n) is 5.32. The van der Waals surface area contributed by atoms with Crippen LogP contribution in [0.2, 0.25) is 0 Å². The Kier molecular flexibility index (Phi) is 4.71. The molecule has 0 aliphatic heterocycles. The number of nitrogens with zero attached hydrogens (tertiary/aromatic N) is 2. The number of carbonyl (C=O) groups is 1. The quantitative estimate of drug-likeness (QED) is 0.567. The van der Waals surface area contributed by atoms with Crippen LogP contribution in [0.5, 0.6) is 5.95 Å². The first kappa shape index (κ1) is 16.3. The topological polar surface area (TPSA) is 82.1 Å². The van der Waals surface area contributed by atoms with E-state index in [4.69, 9.17) is 0 Å². The van der Waals surface area contributed by atoms with Crippen LogP contribution in [0.1, 0.15) is 13.3 Å². The molecule has 1 aromatic heterocycles. The standard InChI is InChI=1S/C17H17N3O3S/c1-3-14(24-16-17(22)23-19-20(16)2)15(21)18-13-10-6-8-11-7-4-5-9-12(11)13/h4-10,14H,3H2,1-2H3,(H-,18,19,21,22). The smallest absolute Gasteiger partial charge is 0.291 e. The van der Waals surface area contributed by atoms with E-state index < -0.39 is 11.2 Å². The number of benzene rings is 2. The lowest BCUT2D eigenvalue weighted by atomic mass is 10.1. The number of carbonyl (C=O) groups excluding carboxylic acids is 1. The van der Waals surface area contributed by atoms with Gasteiger partial charge >= 0.3 is 0 Å². The Bertz CT molecular complexity index is 854. The average Bonchev–Trinajstić information content (AvgIpc) is 2.91. The van der Waals surface area contributed by atoms with Crippen molar-refractivity contribution in [2.24, 2.45) is 7.05 Å². The van der Waals surface area contributed by atoms with E-state index in [0.717, 1.165) is 28.2 Å². The molecule has 0 radical (unpaired) electrons. The number of hydrogen-bond acceptors (Lipinski definition) is 5. The van der Waals surface area contributed by atoms with E-state index in [9.17, 15) is 9.90 Å². The van der Waals surface area contributed by atoms with Crippen molar-refractivity contribution in [3.05, 3.63) is 42.5 Å². The van der Waals surface area contributed by atoms with Crippen molar-refractivity contribution in [1.82, 2.24) is 5.27 Å². The van der Waals surface area contributed by atoms with Gasteiger partial charge in [-0.25, -0.2) is 0 Å². The largest absolute Gasteiger partial charge is 0.538 e. The van der Waals surface area contributed by atoms with Gasteiger partial charge in [0.25, 0.3) is 5.03 Å². The van der Waals surface area contributed by atoms with E-state index in [-0.39, 0.29) is 5.91 Å². The van der Waals surface area contributed by atoms with Gasteiger partial charge in [0.15, 0.2) is 13.0 Å². The molecule has 24 heavy (non-hydrogen) atoms. The van der Waals surface area contributed by atoms with Crippen LogP contribution in [-0.2, 0) is 11.8 Å². The summed E-state index contributed by atoms with van der Waals surface area (Å²) in [7, 11) is 1.61. The molecule has 0 bridgehead atoms. The van der Waals surface area contributed by atoms with Crippen molar-refractivity contribution in [3.63, 3.8) is 0 Å². The molecule has 0 aliphatic rings. The first-order valence-corrected chi connectivity index (χ1v) is 8.46. The first-order valence-electron chi connectivity index (χ1n) is 7.58. The normalized spacial score (nSPS) is 12.2. The molecular weight excluding hydrogens is 326 g/mol. The summed E-state index contributed by atoms with van der Waals surface area (Å²) >= 11 is 1.16. The predicted molar refractivity (Wildman–Crippen MR) is 89.6 cm³/mol. The van der Waals surface area contributed by atoms with Crippen molar-refractivity contribution in [3.8, 4) is 5.95 Å². The molecule has 1 N–H and O–H groups in total. The third-order valence-electron chi connectivity index (χ3n) is 3.68. The number of aryl methyl sites for hydroxylation is 1. The van der Waals surface area contributed by atoms with Crippen LogP contribution in [0.15, 0.2) is 52.0 Å². The molecule has 2 aromatic carbocycles. The molecule has 3 aromatic rings. The molecule has 1 amide bonds. The Morgan fingerprint density at radius 1 is 1.33 bits per heavy atom. The predicted octanol–water partition coefficient (Wildman–Crippen LogP) is 2.24. The Balaban J connectivity index is 1.82. The van der Waals surface area contributed by atoms with Gasteiger partial charge in [-0.15, -0.1) is 0 Å². The maximum atomic E-state index is 12.6. The van der Waals surface area contributed by atoms with Gasteiger partial charge in [-0.1, -0.05) is 48.0 Å². The minimum Gasteiger partial charge on any atom is -0.538 e. The second-order valence-corrected chi connectivity index (χ2v) is 6.51. The molecule has 1 heterocycles. The molecule has 0 fully saturated rings. The van der Waals surface area contributed by atoms with Crippen molar-refractivity contribution in [1.29, 1.82) is 0 Å². The highest BCUT2D eigenvalue weighted by Gasteiger charge is 2.25. The van der Waals surface area contributed by atoms with Gasteiger partial charge in [0.2, 0.25) is 5.91 Å². The summed E-state index contributed by atoms with van der Waals surface area (Å²) in [6, 6.07) is 13.6. The summed E-state index contributed by atoms with van der Waals surface area (Å²) in [5.41, 5.74) is 0.759. The highest BCUT2D eigenvalue weighted by molar-refractivity contribution is 8.00. The Morgan fingerprint density at radius 2 is 2.08 bits per heavy atom. The molecule has 0 saturated carbocycles. The van der Waals surface area contributed by atoms with Crippen molar-refractivity contribution in [2.75, 3.05) is 5.32 Å².